The molecule has 0 spiro atoms. The van der Waals surface area contributed by atoms with Gasteiger partial charge in [-0.3, -0.25) is 8.37 Å². The monoisotopic (exact) mass is 560 g/mol. The summed E-state index contributed by atoms with van der Waals surface area (Å²) >= 11 is 0. The molecular weight excluding hydrogens is 532 g/mol. The number of fused-ring (bicyclic) bond motifs is 1. The van der Waals surface area contributed by atoms with Crippen LogP contribution >= 0.6 is 0 Å². The summed E-state index contributed by atoms with van der Waals surface area (Å²) in [5.74, 6) is 0. The van der Waals surface area contributed by atoms with Crippen molar-refractivity contribution in [2.24, 2.45) is 0 Å². The van der Waals surface area contributed by atoms with Gasteiger partial charge in [-0.1, -0.05) is 65.7 Å². The lowest BCUT2D eigenvalue weighted by atomic mass is 9.99. The van der Waals surface area contributed by atoms with Crippen LogP contribution in [0.2, 0.25) is 0 Å². The van der Waals surface area contributed by atoms with Crippen LogP contribution in [0.1, 0.15) is 23.0 Å². The van der Waals surface area contributed by atoms with E-state index in [-0.39, 0.29) is 23.0 Å². The molecule has 0 aliphatic carbocycles. The smallest absolute Gasteiger partial charge is 0.297 e. The Morgan fingerprint density at radius 2 is 1.24 bits per heavy atom. The highest BCUT2D eigenvalue weighted by atomic mass is 32.2. The third-order valence-electron chi connectivity index (χ3n) is 6.40. The molecule has 202 valence electrons. The zero-order valence-electron chi connectivity index (χ0n) is 20.8. The minimum Gasteiger partial charge on any atom is -0.370 e. The first-order chi connectivity index (χ1) is 18.1. The van der Waals surface area contributed by atoms with Crippen LogP contribution in [0.25, 0.3) is 0 Å². The molecule has 0 N–H and O–H groups in total. The largest absolute Gasteiger partial charge is 0.370 e. The fourth-order valence-electron chi connectivity index (χ4n) is 4.32. The number of hydrogen-bond acceptors (Lipinski definition) is 9. The third-order valence-corrected chi connectivity index (χ3v) is 9.08. The summed E-state index contributed by atoms with van der Waals surface area (Å²) in [7, 11) is -8.60. The Bertz CT molecular complexity index is 1460. The van der Waals surface area contributed by atoms with Crippen molar-refractivity contribution in [1.82, 2.24) is 0 Å². The number of ether oxygens (including phenoxy) is 3. The van der Waals surface area contributed by atoms with E-state index in [0.717, 1.165) is 11.1 Å². The average molecular weight is 561 g/mol. The van der Waals surface area contributed by atoms with Crippen molar-refractivity contribution in [1.29, 1.82) is 0 Å². The van der Waals surface area contributed by atoms with Crippen LogP contribution in [0.3, 0.4) is 0 Å². The summed E-state index contributed by atoms with van der Waals surface area (Å²) in [6, 6.07) is 21.4. The highest BCUT2D eigenvalue weighted by Gasteiger charge is 2.50. The minimum absolute atomic E-state index is 0.0691. The van der Waals surface area contributed by atoms with Gasteiger partial charge in [0.15, 0.2) is 6.29 Å². The fourth-order valence-corrected chi connectivity index (χ4v) is 6.50. The molecule has 5 rings (SSSR count). The molecule has 0 amide bonds. The quantitative estimate of drug-likeness (QED) is 0.399. The average Bonchev–Trinajstić information content (AvgIpc) is 2.90. The van der Waals surface area contributed by atoms with Gasteiger partial charge in [0.1, 0.15) is 24.4 Å². The topological polar surface area (TPSA) is 114 Å². The number of hydrogen-bond donors (Lipinski definition) is 0. The van der Waals surface area contributed by atoms with Gasteiger partial charge in [-0.05, 0) is 38.1 Å². The molecular formula is C27H28O9S2. The molecule has 38 heavy (non-hydrogen) atoms. The van der Waals surface area contributed by atoms with E-state index in [1.165, 1.54) is 24.3 Å². The van der Waals surface area contributed by atoms with E-state index in [0.29, 0.717) is 5.56 Å². The molecule has 3 aromatic carbocycles. The van der Waals surface area contributed by atoms with Gasteiger partial charge in [0.25, 0.3) is 20.2 Å². The van der Waals surface area contributed by atoms with Gasteiger partial charge in [-0.25, -0.2) is 0 Å². The van der Waals surface area contributed by atoms with Crippen LogP contribution in [0, 0.1) is 13.8 Å². The Balaban J connectivity index is 1.47. The van der Waals surface area contributed by atoms with E-state index >= 15 is 0 Å². The molecule has 9 nitrogen and oxygen atoms in total. The Morgan fingerprint density at radius 3 is 1.82 bits per heavy atom. The fraction of sp³-hybridized carbons (Fsp3) is 0.333. The predicted molar refractivity (Wildman–Crippen MR) is 136 cm³/mol. The Morgan fingerprint density at radius 1 is 0.684 bits per heavy atom. The molecule has 0 saturated carbocycles. The summed E-state index contributed by atoms with van der Waals surface area (Å²) in [6.45, 7) is 3.51. The highest BCUT2D eigenvalue weighted by Crippen LogP contribution is 2.36. The molecule has 2 saturated heterocycles. The summed E-state index contributed by atoms with van der Waals surface area (Å²) < 4.78 is 81.9. The second-order valence-corrected chi connectivity index (χ2v) is 12.4. The zero-order valence-corrected chi connectivity index (χ0v) is 22.4. The second kappa shape index (κ2) is 10.9. The molecule has 2 fully saturated rings. The van der Waals surface area contributed by atoms with Gasteiger partial charge in [0.05, 0.1) is 23.0 Å². The van der Waals surface area contributed by atoms with Gasteiger partial charge < -0.3 is 14.2 Å². The third kappa shape index (κ3) is 5.84. The molecule has 0 unspecified atom stereocenters. The van der Waals surface area contributed by atoms with Crippen molar-refractivity contribution in [2.75, 3.05) is 13.2 Å². The first kappa shape index (κ1) is 26.9. The second-order valence-electron chi connectivity index (χ2n) is 9.28. The van der Waals surface area contributed by atoms with E-state index in [4.69, 9.17) is 22.6 Å². The maximum Gasteiger partial charge on any atom is 0.297 e. The molecule has 0 aromatic heterocycles. The lowest BCUT2D eigenvalue weighted by Crippen LogP contribution is -2.60. The van der Waals surface area contributed by atoms with Gasteiger partial charge in [0.2, 0.25) is 0 Å². The van der Waals surface area contributed by atoms with Crippen molar-refractivity contribution in [3.63, 3.8) is 0 Å². The lowest BCUT2D eigenvalue weighted by Gasteiger charge is -2.45. The SMILES string of the molecule is Cc1ccc(S(=O)(=O)O[C@H]2[C@@H]3O[C@@H](c4ccccc4)OC[C@@H]3OC[C@@H]2OS(=O)(=O)c2ccc(C)cc2)cc1. The van der Waals surface area contributed by atoms with Crippen LogP contribution in [0.15, 0.2) is 88.7 Å². The van der Waals surface area contributed by atoms with Crippen LogP contribution in [0.5, 0.6) is 0 Å². The molecule has 0 radical (unpaired) electrons. The maximum absolute atomic E-state index is 13.3. The summed E-state index contributed by atoms with van der Waals surface area (Å²) in [5.41, 5.74) is 2.46. The molecule has 0 bridgehead atoms. The maximum atomic E-state index is 13.3. The Kier molecular flexibility index (Phi) is 7.70. The first-order valence-electron chi connectivity index (χ1n) is 12.1. The minimum atomic E-state index is -4.32. The van der Waals surface area contributed by atoms with Crippen LogP contribution in [0.4, 0.5) is 0 Å². The Labute approximate surface area is 222 Å². The summed E-state index contributed by atoms with van der Waals surface area (Å²) in [5, 5.41) is 0. The van der Waals surface area contributed by atoms with E-state index < -0.39 is 50.9 Å². The molecule has 3 aromatic rings. The van der Waals surface area contributed by atoms with Crippen molar-refractivity contribution in [3.05, 3.63) is 95.6 Å². The molecule has 11 heteroatoms. The summed E-state index contributed by atoms with van der Waals surface area (Å²) in [4.78, 5) is -0.140. The molecule has 2 aliphatic rings. The van der Waals surface area contributed by atoms with Crippen molar-refractivity contribution in [2.45, 2.75) is 54.3 Å². The molecule has 2 heterocycles. The van der Waals surface area contributed by atoms with E-state index in [9.17, 15) is 16.8 Å². The van der Waals surface area contributed by atoms with Crippen molar-refractivity contribution >= 4 is 20.2 Å². The van der Waals surface area contributed by atoms with Crippen LogP contribution < -0.4 is 0 Å². The van der Waals surface area contributed by atoms with Gasteiger partial charge >= 0.3 is 0 Å². The number of rotatable bonds is 7. The van der Waals surface area contributed by atoms with Crippen molar-refractivity contribution < 1.29 is 39.4 Å². The highest BCUT2D eigenvalue weighted by molar-refractivity contribution is 7.87. The standard InChI is InChI=1S/C27H28O9S2/c1-18-8-12-21(13-9-18)37(28,29)35-24-17-32-23-16-33-27(20-6-4-3-5-7-20)34-25(23)26(24)36-38(30,31)22-14-10-19(2)11-15-22/h3-15,23-27H,16-17H2,1-2H3/t23-,24-,25+,26+,27-/m0/s1. The molecule has 2 aliphatic heterocycles. The summed E-state index contributed by atoms with van der Waals surface area (Å²) in [6.07, 6.45) is -5.18. The van der Waals surface area contributed by atoms with E-state index in [1.807, 2.05) is 44.2 Å². The first-order valence-corrected chi connectivity index (χ1v) is 14.9. The molecule has 5 atom stereocenters. The van der Waals surface area contributed by atoms with Gasteiger partial charge in [0, 0.05) is 5.56 Å². The van der Waals surface area contributed by atoms with Gasteiger partial charge in [-0.15, -0.1) is 0 Å². The number of aryl methyl sites for hydroxylation is 2. The van der Waals surface area contributed by atoms with Gasteiger partial charge in [-0.2, -0.15) is 16.8 Å². The predicted octanol–water partition coefficient (Wildman–Crippen LogP) is 3.66. The van der Waals surface area contributed by atoms with E-state index in [1.54, 1.807) is 24.3 Å². The zero-order chi connectivity index (χ0) is 26.9. The normalized spacial score (nSPS) is 26.0. The lowest BCUT2D eigenvalue weighted by molar-refractivity contribution is -0.307. The van der Waals surface area contributed by atoms with E-state index in [2.05, 4.69) is 0 Å². The Hall–Kier alpha value is -2.64. The number of benzene rings is 3. The van der Waals surface area contributed by atoms with Crippen molar-refractivity contribution in [3.8, 4) is 0 Å². The van der Waals surface area contributed by atoms with Crippen LogP contribution in [-0.4, -0.2) is 54.5 Å². The van der Waals surface area contributed by atoms with Crippen LogP contribution in [-0.2, 0) is 42.8 Å².